The summed E-state index contributed by atoms with van der Waals surface area (Å²) in [5.41, 5.74) is 7.69. The first-order valence-electron chi connectivity index (χ1n) is 7.85. The molecule has 22 heavy (non-hydrogen) atoms. The van der Waals surface area contributed by atoms with Crippen LogP contribution in [0.3, 0.4) is 0 Å². The number of allylic oxidation sites excluding steroid dienone is 1. The highest BCUT2D eigenvalue weighted by Gasteiger charge is 2.25. The quantitative estimate of drug-likeness (QED) is 0.848. The van der Waals surface area contributed by atoms with Gasteiger partial charge >= 0.3 is 0 Å². The van der Waals surface area contributed by atoms with Crippen LogP contribution in [0.5, 0.6) is 0 Å². The van der Waals surface area contributed by atoms with Crippen LogP contribution in [0.1, 0.15) is 31.7 Å². The minimum Gasteiger partial charge on any atom is -0.369 e. The predicted molar refractivity (Wildman–Crippen MR) is 87.0 cm³/mol. The van der Waals surface area contributed by atoms with E-state index in [9.17, 15) is 9.59 Å². The number of benzene rings is 1. The van der Waals surface area contributed by atoms with Crippen LogP contribution in [-0.2, 0) is 16.0 Å². The molecule has 2 rings (SSSR count). The van der Waals surface area contributed by atoms with Crippen LogP contribution in [0.15, 0.2) is 42.0 Å². The fourth-order valence-electron chi connectivity index (χ4n) is 2.77. The zero-order valence-corrected chi connectivity index (χ0v) is 13.1. The van der Waals surface area contributed by atoms with Crippen LogP contribution in [0, 0.1) is 5.92 Å². The third kappa shape index (κ3) is 4.72. The summed E-state index contributed by atoms with van der Waals surface area (Å²) in [4.78, 5) is 25.3. The van der Waals surface area contributed by atoms with E-state index in [0.717, 1.165) is 31.3 Å². The predicted octanol–water partition coefficient (Wildman–Crippen LogP) is 2.29. The van der Waals surface area contributed by atoms with E-state index < -0.39 is 0 Å². The molecule has 118 valence electrons. The molecule has 1 saturated heterocycles. The lowest BCUT2D eigenvalue weighted by Crippen LogP contribution is -2.43. The molecule has 0 saturated carbocycles. The molecule has 0 aromatic heterocycles. The van der Waals surface area contributed by atoms with Gasteiger partial charge in [-0.25, -0.2) is 0 Å². The second-order valence-electron chi connectivity index (χ2n) is 6.00. The molecular weight excluding hydrogens is 276 g/mol. The largest absolute Gasteiger partial charge is 0.369 e. The molecule has 0 unspecified atom stereocenters. The maximum Gasteiger partial charge on any atom is 0.246 e. The van der Waals surface area contributed by atoms with Crippen molar-refractivity contribution in [3.8, 4) is 0 Å². The highest BCUT2D eigenvalue weighted by molar-refractivity contribution is 5.89. The lowest BCUT2D eigenvalue weighted by molar-refractivity contribution is -0.130. The number of hydrogen-bond acceptors (Lipinski definition) is 2. The minimum absolute atomic E-state index is 0.00323. The van der Waals surface area contributed by atoms with Crippen molar-refractivity contribution < 1.29 is 9.59 Å². The Morgan fingerprint density at radius 2 is 2.05 bits per heavy atom. The number of nitrogens with zero attached hydrogens (tertiary/aromatic N) is 1. The molecule has 2 amide bonds. The monoisotopic (exact) mass is 300 g/mol. The second kappa shape index (κ2) is 7.78. The van der Waals surface area contributed by atoms with Gasteiger partial charge in [-0.3, -0.25) is 9.59 Å². The molecule has 1 atom stereocenters. The Morgan fingerprint density at radius 1 is 1.32 bits per heavy atom. The average Bonchev–Trinajstić information content (AvgIpc) is 2.54. The molecule has 0 spiro atoms. The number of nitrogens with two attached hydrogens (primary N) is 1. The van der Waals surface area contributed by atoms with E-state index in [1.54, 1.807) is 11.0 Å². The van der Waals surface area contributed by atoms with Gasteiger partial charge in [0.2, 0.25) is 11.8 Å². The van der Waals surface area contributed by atoms with Gasteiger partial charge < -0.3 is 10.6 Å². The van der Waals surface area contributed by atoms with Crippen molar-refractivity contribution in [1.29, 1.82) is 0 Å². The minimum atomic E-state index is -0.303. The number of hydrogen-bond donors (Lipinski definition) is 1. The first kappa shape index (κ1) is 16.3. The van der Waals surface area contributed by atoms with E-state index in [1.807, 2.05) is 25.1 Å². The Kier molecular flexibility index (Phi) is 5.75. The maximum atomic E-state index is 12.3. The summed E-state index contributed by atoms with van der Waals surface area (Å²) in [6.07, 6.45) is 5.13. The van der Waals surface area contributed by atoms with Gasteiger partial charge in [-0.1, -0.05) is 35.9 Å². The molecule has 4 heteroatoms. The number of primary amides is 1. The lowest BCUT2D eigenvalue weighted by Gasteiger charge is -2.30. The number of carbonyl (C=O) groups excluding carboxylic acids is 2. The molecule has 1 aromatic rings. The van der Waals surface area contributed by atoms with E-state index in [-0.39, 0.29) is 17.7 Å². The third-order valence-corrected chi connectivity index (χ3v) is 4.16. The van der Waals surface area contributed by atoms with E-state index in [0.29, 0.717) is 13.1 Å². The summed E-state index contributed by atoms with van der Waals surface area (Å²) >= 11 is 0. The van der Waals surface area contributed by atoms with E-state index >= 15 is 0 Å². The highest BCUT2D eigenvalue weighted by Crippen LogP contribution is 2.17. The van der Waals surface area contributed by atoms with Crippen molar-refractivity contribution in [3.63, 3.8) is 0 Å². The van der Waals surface area contributed by atoms with E-state index in [1.165, 1.54) is 5.56 Å². The number of piperidine rings is 1. The van der Waals surface area contributed by atoms with Crippen LogP contribution < -0.4 is 5.73 Å². The van der Waals surface area contributed by atoms with E-state index in [2.05, 4.69) is 12.1 Å². The van der Waals surface area contributed by atoms with Crippen LogP contribution in [0.4, 0.5) is 0 Å². The first-order valence-corrected chi connectivity index (χ1v) is 7.85. The Hall–Kier alpha value is -2.10. The van der Waals surface area contributed by atoms with Gasteiger partial charge in [-0.15, -0.1) is 0 Å². The zero-order valence-electron chi connectivity index (χ0n) is 13.1. The van der Waals surface area contributed by atoms with Crippen molar-refractivity contribution in [2.45, 2.75) is 32.6 Å². The average molecular weight is 300 g/mol. The topological polar surface area (TPSA) is 63.4 Å². The van der Waals surface area contributed by atoms with Gasteiger partial charge in [-0.2, -0.15) is 0 Å². The summed E-state index contributed by atoms with van der Waals surface area (Å²) in [6, 6.07) is 10.2. The van der Waals surface area contributed by atoms with Gasteiger partial charge in [0.05, 0.1) is 5.92 Å². The summed E-state index contributed by atoms with van der Waals surface area (Å²) in [6.45, 7) is 3.15. The van der Waals surface area contributed by atoms with Gasteiger partial charge in [0, 0.05) is 19.2 Å². The van der Waals surface area contributed by atoms with Crippen molar-refractivity contribution in [3.05, 3.63) is 47.5 Å². The van der Waals surface area contributed by atoms with E-state index in [4.69, 9.17) is 5.73 Å². The normalized spacial score (nSPS) is 19.0. The molecule has 0 radical (unpaired) electrons. The summed E-state index contributed by atoms with van der Waals surface area (Å²) < 4.78 is 0. The molecule has 1 heterocycles. The Morgan fingerprint density at radius 3 is 2.73 bits per heavy atom. The summed E-state index contributed by atoms with van der Waals surface area (Å²) in [5, 5.41) is 0. The molecule has 0 bridgehead atoms. The van der Waals surface area contributed by atoms with Crippen LogP contribution in [0.2, 0.25) is 0 Å². The Bertz CT molecular complexity index is 551. The van der Waals surface area contributed by atoms with Crippen molar-refractivity contribution in [2.75, 3.05) is 13.1 Å². The first-order chi connectivity index (χ1) is 10.6. The number of rotatable bonds is 5. The SMILES string of the molecule is C/C(=C/C(=O)N1CCC[C@H](C(N)=O)C1)CCc1ccccc1. The molecule has 1 fully saturated rings. The molecule has 1 aromatic carbocycles. The Labute approximate surface area is 132 Å². The smallest absolute Gasteiger partial charge is 0.246 e. The lowest BCUT2D eigenvalue weighted by atomic mass is 9.97. The second-order valence-corrected chi connectivity index (χ2v) is 6.00. The third-order valence-electron chi connectivity index (χ3n) is 4.16. The number of amides is 2. The summed E-state index contributed by atoms with van der Waals surface area (Å²) in [5.74, 6) is -0.505. The van der Waals surface area contributed by atoms with Gasteiger partial charge in [0.1, 0.15) is 0 Å². The van der Waals surface area contributed by atoms with Crippen LogP contribution in [0.25, 0.3) is 0 Å². The maximum absolute atomic E-state index is 12.3. The van der Waals surface area contributed by atoms with Crippen molar-refractivity contribution >= 4 is 11.8 Å². The van der Waals surface area contributed by atoms with Gasteiger partial charge in [0.15, 0.2) is 0 Å². The number of aryl methyl sites for hydroxylation is 1. The molecule has 0 aliphatic carbocycles. The fraction of sp³-hybridized carbons (Fsp3) is 0.444. The molecule has 4 nitrogen and oxygen atoms in total. The molecule has 2 N–H and O–H groups in total. The number of carbonyl (C=O) groups is 2. The standard InChI is InChI=1S/C18H24N2O2/c1-14(9-10-15-6-3-2-4-7-15)12-17(21)20-11-5-8-16(13-20)18(19)22/h2-4,6-7,12,16H,5,8-11,13H2,1H3,(H2,19,22)/b14-12-/t16-/m0/s1. The molecule has 1 aliphatic rings. The van der Waals surface area contributed by atoms with Crippen molar-refractivity contribution in [2.24, 2.45) is 11.7 Å². The Balaban J connectivity index is 1.87. The van der Waals surface area contributed by atoms with Crippen LogP contribution in [-0.4, -0.2) is 29.8 Å². The molecular formula is C18H24N2O2. The van der Waals surface area contributed by atoms with Gasteiger partial charge in [0.25, 0.3) is 0 Å². The van der Waals surface area contributed by atoms with Crippen LogP contribution >= 0.6 is 0 Å². The zero-order chi connectivity index (χ0) is 15.9. The van der Waals surface area contributed by atoms with Crippen molar-refractivity contribution in [1.82, 2.24) is 4.90 Å². The van der Waals surface area contributed by atoms with Gasteiger partial charge in [-0.05, 0) is 38.2 Å². The summed E-state index contributed by atoms with van der Waals surface area (Å²) in [7, 11) is 0. The highest BCUT2D eigenvalue weighted by atomic mass is 16.2. The number of likely N-dealkylation sites (tertiary alicyclic amines) is 1. The molecule has 1 aliphatic heterocycles. The fourth-order valence-corrected chi connectivity index (χ4v) is 2.77.